The van der Waals surface area contributed by atoms with Gasteiger partial charge < -0.3 is 27.8 Å². The predicted molar refractivity (Wildman–Crippen MR) is 182 cm³/mol. The van der Waals surface area contributed by atoms with Gasteiger partial charge in [0.05, 0.1) is 25.4 Å². The van der Waals surface area contributed by atoms with Crippen molar-refractivity contribution in [3.05, 3.63) is 29.8 Å². The van der Waals surface area contributed by atoms with Gasteiger partial charge in [0.2, 0.25) is 0 Å². The first-order valence-electron chi connectivity index (χ1n) is 16.6. The van der Waals surface area contributed by atoms with Crippen LogP contribution in [0.25, 0.3) is 0 Å². The van der Waals surface area contributed by atoms with Crippen molar-refractivity contribution >= 4 is 22.4 Å². The molecule has 7 atom stereocenters. The summed E-state index contributed by atoms with van der Waals surface area (Å²) < 4.78 is 37.6. The molecule has 7 nitrogen and oxygen atoms in total. The molecule has 2 aliphatic rings. The maximum Gasteiger partial charge on any atom is 0.192 e. The Morgan fingerprint density at radius 1 is 0.886 bits per heavy atom. The fraction of sp³-hybridized carbons (Fsp3) is 0.800. The number of hydrogen-bond donors (Lipinski definition) is 0. The molecular weight excluding hydrogens is 589 g/mol. The van der Waals surface area contributed by atoms with E-state index in [1.54, 1.807) is 14.2 Å². The van der Waals surface area contributed by atoms with Gasteiger partial charge in [-0.05, 0) is 80.0 Å². The van der Waals surface area contributed by atoms with E-state index in [9.17, 15) is 4.79 Å². The summed E-state index contributed by atoms with van der Waals surface area (Å²) in [6.45, 7) is 25.4. The minimum Gasteiger partial charge on any atom is -0.497 e. The van der Waals surface area contributed by atoms with Crippen molar-refractivity contribution in [2.45, 2.75) is 148 Å². The molecule has 1 heterocycles. The van der Waals surface area contributed by atoms with Crippen LogP contribution in [0.15, 0.2) is 24.3 Å². The molecule has 1 aliphatic carbocycles. The molecule has 3 rings (SSSR count). The van der Waals surface area contributed by atoms with Crippen molar-refractivity contribution in [1.29, 1.82) is 0 Å². The molecule has 0 aromatic heterocycles. The van der Waals surface area contributed by atoms with Crippen molar-refractivity contribution < 1.29 is 32.6 Å². The number of Topliss-reactive ketones (excluding diaryl/α,β-unsaturated/α-hetero) is 1. The van der Waals surface area contributed by atoms with E-state index < -0.39 is 29.0 Å². The zero-order valence-electron chi connectivity index (χ0n) is 30.0. The van der Waals surface area contributed by atoms with E-state index in [1.807, 2.05) is 24.3 Å². The van der Waals surface area contributed by atoms with Crippen LogP contribution in [0.2, 0.25) is 36.3 Å². The maximum absolute atomic E-state index is 14.0. The van der Waals surface area contributed by atoms with Gasteiger partial charge in [0.25, 0.3) is 0 Å². The number of benzene rings is 1. The topological polar surface area (TPSA) is 72.5 Å². The summed E-state index contributed by atoms with van der Waals surface area (Å²) in [5.41, 5.74) is 0.883. The van der Waals surface area contributed by atoms with Gasteiger partial charge >= 0.3 is 0 Å². The molecule has 0 N–H and O–H groups in total. The minimum absolute atomic E-state index is 0.00371. The zero-order valence-corrected chi connectivity index (χ0v) is 32.0. The van der Waals surface area contributed by atoms with E-state index in [0.717, 1.165) is 37.0 Å². The van der Waals surface area contributed by atoms with Crippen LogP contribution in [-0.4, -0.2) is 67.7 Å². The monoisotopic (exact) mass is 650 g/mol. The van der Waals surface area contributed by atoms with Gasteiger partial charge in [-0.25, -0.2) is 0 Å². The van der Waals surface area contributed by atoms with E-state index in [2.05, 4.69) is 74.7 Å². The lowest BCUT2D eigenvalue weighted by atomic mass is 9.80. The lowest BCUT2D eigenvalue weighted by molar-refractivity contribution is -0.266. The van der Waals surface area contributed by atoms with Crippen LogP contribution in [0, 0.1) is 11.8 Å². The third-order valence-corrected chi connectivity index (χ3v) is 19.9. The molecule has 1 aromatic rings. The van der Waals surface area contributed by atoms with Crippen molar-refractivity contribution in [3.8, 4) is 5.75 Å². The summed E-state index contributed by atoms with van der Waals surface area (Å²) in [4.78, 5) is 14.0. The van der Waals surface area contributed by atoms with E-state index in [-0.39, 0.29) is 46.0 Å². The number of carbonyl (C=O) groups excluding carboxylic acids is 1. The Kier molecular flexibility index (Phi) is 12.6. The average molecular weight is 651 g/mol. The van der Waals surface area contributed by atoms with Crippen molar-refractivity contribution in [1.82, 2.24) is 0 Å². The van der Waals surface area contributed by atoms with Gasteiger partial charge in [-0.3, -0.25) is 4.79 Å². The first-order valence-corrected chi connectivity index (χ1v) is 22.4. The largest absolute Gasteiger partial charge is 0.497 e. The van der Waals surface area contributed by atoms with Crippen LogP contribution < -0.4 is 4.74 Å². The maximum atomic E-state index is 14.0. The lowest BCUT2D eigenvalue weighted by Gasteiger charge is -2.44. The Hall–Kier alpha value is -1.08. The SMILES string of the molecule is COc1ccc([C@H]2O[C@@H](CCO[Si](C)(C)C(C)(C)C)[C@@H](C)[C@@H](C(=O)C[C@@H]3CC[C@@H](O[Si](C)(C)C(C)(C)C)[C@H](OC)C3)O2)cc1. The standard InChI is InChI=1S/C35H62O7Si2/c1-24-29(20-21-39-43(10,11)34(2,3)4)40-33(26-15-17-27(37-8)18-16-26)41-32(24)28(36)22-25-14-19-30(31(23-25)38-9)42-44(12,13)35(5,6)7/h15-18,24-25,29-33H,14,19-23H2,1-13H3/t24-,25+,29+,30-,31-,32+,33+/m1/s1. The highest BCUT2D eigenvalue weighted by Crippen LogP contribution is 2.42. The number of methoxy groups -OCH3 is 2. The second kappa shape index (κ2) is 14.8. The molecule has 2 fully saturated rings. The van der Waals surface area contributed by atoms with E-state index in [0.29, 0.717) is 13.0 Å². The Morgan fingerprint density at radius 3 is 2.05 bits per heavy atom. The van der Waals surface area contributed by atoms with Crippen LogP contribution >= 0.6 is 0 Å². The summed E-state index contributed by atoms with van der Waals surface area (Å²) in [5.74, 6) is 1.07. The number of carbonyl (C=O) groups is 1. The highest BCUT2D eigenvalue weighted by molar-refractivity contribution is 6.74. The highest BCUT2D eigenvalue weighted by atomic mass is 28.4. The van der Waals surface area contributed by atoms with Crippen molar-refractivity contribution in [2.75, 3.05) is 20.8 Å². The van der Waals surface area contributed by atoms with Crippen LogP contribution in [0.4, 0.5) is 0 Å². The summed E-state index contributed by atoms with van der Waals surface area (Å²) >= 11 is 0. The third-order valence-electron chi connectivity index (χ3n) is 10.9. The summed E-state index contributed by atoms with van der Waals surface area (Å²) in [5, 5.41) is 0.273. The van der Waals surface area contributed by atoms with Crippen LogP contribution in [0.3, 0.4) is 0 Å². The van der Waals surface area contributed by atoms with Crippen molar-refractivity contribution in [3.63, 3.8) is 0 Å². The normalized spacial score (nSPS) is 29.0. The molecule has 0 unspecified atom stereocenters. The van der Waals surface area contributed by atoms with E-state index >= 15 is 0 Å². The van der Waals surface area contributed by atoms with Crippen LogP contribution in [0.5, 0.6) is 5.75 Å². The fourth-order valence-electron chi connectivity index (χ4n) is 5.74. The lowest BCUT2D eigenvalue weighted by Crippen LogP contribution is -2.50. The van der Waals surface area contributed by atoms with Gasteiger partial charge in [-0.1, -0.05) is 60.6 Å². The third kappa shape index (κ3) is 9.26. The molecule has 1 saturated heterocycles. The molecule has 44 heavy (non-hydrogen) atoms. The molecule has 9 heteroatoms. The number of hydrogen-bond acceptors (Lipinski definition) is 7. The molecule has 1 aliphatic heterocycles. The quantitative estimate of drug-likeness (QED) is 0.210. The van der Waals surface area contributed by atoms with Gasteiger partial charge in [0.15, 0.2) is 28.7 Å². The molecule has 1 saturated carbocycles. The summed E-state index contributed by atoms with van der Waals surface area (Å²) in [6.07, 6.45) is 2.63. The van der Waals surface area contributed by atoms with Crippen molar-refractivity contribution in [2.24, 2.45) is 11.8 Å². The number of ether oxygens (including phenoxy) is 4. The molecular formula is C35H62O7Si2. The Balaban J connectivity index is 1.72. The average Bonchev–Trinajstić information content (AvgIpc) is 2.93. The van der Waals surface area contributed by atoms with Crippen LogP contribution in [-0.2, 0) is 27.9 Å². The molecule has 252 valence electrons. The smallest absolute Gasteiger partial charge is 0.192 e. The van der Waals surface area contributed by atoms with E-state index in [4.69, 9.17) is 27.8 Å². The Bertz CT molecular complexity index is 1060. The molecule has 0 bridgehead atoms. The molecule has 0 spiro atoms. The van der Waals surface area contributed by atoms with Gasteiger partial charge in [0.1, 0.15) is 11.9 Å². The fourth-order valence-corrected chi connectivity index (χ4v) is 8.18. The highest BCUT2D eigenvalue weighted by Gasteiger charge is 2.45. The van der Waals surface area contributed by atoms with E-state index in [1.165, 1.54) is 0 Å². The molecule has 0 amide bonds. The number of ketones is 1. The zero-order chi connectivity index (χ0) is 33.1. The van der Waals surface area contributed by atoms with Gasteiger partial charge in [-0.2, -0.15) is 0 Å². The molecule has 0 radical (unpaired) electrons. The van der Waals surface area contributed by atoms with Gasteiger partial charge in [0, 0.05) is 31.6 Å². The molecule has 1 aromatic carbocycles. The first kappa shape index (κ1) is 37.4. The number of rotatable bonds is 12. The summed E-state index contributed by atoms with van der Waals surface area (Å²) in [6, 6.07) is 7.72. The second-order valence-corrected chi connectivity index (χ2v) is 25.7. The van der Waals surface area contributed by atoms with Gasteiger partial charge in [-0.15, -0.1) is 0 Å². The van der Waals surface area contributed by atoms with Crippen LogP contribution in [0.1, 0.15) is 92.4 Å². The Labute approximate surface area is 270 Å². The minimum atomic E-state index is -1.92. The first-order chi connectivity index (χ1) is 20.3. The Morgan fingerprint density at radius 2 is 1.50 bits per heavy atom. The second-order valence-electron chi connectivity index (χ2n) is 16.1. The summed E-state index contributed by atoms with van der Waals surface area (Å²) in [7, 11) is -0.399. The predicted octanol–water partition coefficient (Wildman–Crippen LogP) is 8.69.